The van der Waals surface area contributed by atoms with Crippen molar-refractivity contribution in [2.45, 2.75) is 18.8 Å². The van der Waals surface area contributed by atoms with Gasteiger partial charge in [0.05, 0.1) is 0 Å². The maximum absolute atomic E-state index is 13.4. The monoisotopic (exact) mass is 419 g/mol. The fourth-order valence-corrected chi connectivity index (χ4v) is 3.38. The minimum Gasteiger partial charge on any atom is -0.505 e. The minimum atomic E-state index is -1.22. The molecule has 0 unspecified atom stereocenters. The molecule has 2 aromatic rings. The van der Waals surface area contributed by atoms with Gasteiger partial charge in [0.2, 0.25) is 0 Å². The lowest BCUT2D eigenvalue weighted by Crippen LogP contribution is -2.38. The second kappa shape index (κ2) is 8.85. The number of nitrogens with zero attached hydrogens (tertiary/aromatic N) is 2. The zero-order valence-electron chi connectivity index (χ0n) is 15.8. The second-order valence-electron chi connectivity index (χ2n) is 6.94. The number of aromatic nitrogens is 1. The van der Waals surface area contributed by atoms with Crippen molar-refractivity contribution in [2.75, 3.05) is 19.6 Å². The number of carboxylic acid groups (broad SMARTS) is 1. The first-order valence-electron chi connectivity index (χ1n) is 9.19. The van der Waals surface area contributed by atoms with Crippen molar-refractivity contribution in [3.8, 4) is 5.75 Å². The predicted octanol–water partition coefficient (Wildman–Crippen LogP) is 1.90. The number of nitrogens with one attached hydrogen (secondary N) is 1. The van der Waals surface area contributed by atoms with E-state index in [-0.39, 0.29) is 22.9 Å². The maximum Gasteiger partial charge on any atom is 0.322 e. The third-order valence-electron chi connectivity index (χ3n) is 4.87. The van der Waals surface area contributed by atoms with Gasteiger partial charge >= 0.3 is 5.97 Å². The Balaban J connectivity index is 1.63. The van der Waals surface area contributed by atoms with E-state index in [0.29, 0.717) is 37.6 Å². The molecule has 1 aromatic carbocycles. The highest BCUT2D eigenvalue weighted by molar-refractivity contribution is 5.96. The summed E-state index contributed by atoms with van der Waals surface area (Å²) in [5, 5.41) is 20.8. The van der Waals surface area contributed by atoms with Crippen LogP contribution in [0, 0.1) is 11.6 Å². The molecule has 10 heteroatoms. The lowest BCUT2D eigenvalue weighted by molar-refractivity contribution is -0.135. The number of benzene rings is 1. The van der Waals surface area contributed by atoms with Crippen molar-refractivity contribution in [1.82, 2.24) is 15.2 Å². The Hall–Kier alpha value is -3.56. The smallest absolute Gasteiger partial charge is 0.322 e. The third kappa shape index (κ3) is 4.88. The summed E-state index contributed by atoms with van der Waals surface area (Å²) in [4.78, 5) is 40.3. The van der Waals surface area contributed by atoms with E-state index in [9.17, 15) is 28.3 Å². The number of amides is 2. The molecule has 1 aromatic heterocycles. The van der Waals surface area contributed by atoms with Crippen LogP contribution in [0.4, 0.5) is 8.78 Å². The molecule has 0 spiro atoms. The Morgan fingerprint density at radius 2 is 1.73 bits per heavy atom. The number of aliphatic carboxylic acids is 1. The molecule has 1 aliphatic heterocycles. The van der Waals surface area contributed by atoms with E-state index in [1.807, 2.05) is 0 Å². The number of aromatic hydroxyl groups is 1. The van der Waals surface area contributed by atoms with Crippen LogP contribution in [-0.2, 0) is 4.79 Å². The molecule has 1 fully saturated rings. The zero-order valence-corrected chi connectivity index (χ0v) is 15.8. The van der Waals surface area contributed by atoms with Gasteiger partial charge in [-0.2, -0.15) is 0 Å². The molecule has 3 N–H and O–H groups in total. The van der Waals surface area contributed by atoms with Gasteiger partial charge in [0, 0.05) is 30.9 Å². The number of rotatable bonds is 5. The van der Waals surface area contributed by atoms with Crippen LogP contribution in [0.3, 0.4) is 0 Å². The third-order valence-corrected chi connectivity index (χ3v) is 4.87. The Morgan fingerprint density at radius 3 is 2.30 bits per heavy atom. The molecular formula is C20H19F2N3O5. The number of likely N-dealkylation sites (tertiary alicyclic amines) is 1. The summed E-state index contributed by atoms with van der Waals surface area (Å²) in [6.45, 7) is 0.107. The van der Waals surface area contributed by atoms with Gasteiger partial charge in [0.15, 0.2) is 5.69 Å². The molecule has 1 aliphatic rings. The fourth-order valence-electron chi connectivity index (χ4n) is 3.38. The van der Waals surface area contributed by atoms with E-state index in [4.69, 9.17) is 5.11 Å². The fraction of sp³-hybridized carbons (Fsp3) is 0.300. The molecule has 3 rings (SSSR count). The van der Waals surface area contributed by atoms with Crippen LogP contribution in [0.25, 0.3) is 0 Å². The summed E-state index contributed by atoms with van der Waals surface area (Å²) in [5.41, 5.74) is 0.342. The van der Waals surface area contributed by atoms with Crippen LogP contribution in [0.15, 0.2) is 30.5 Å². The zero-order chi connectivity index (χ0) is 21.8. The number of carbonyl (C=O) groups excluding carboxylic acids is 2. The molecule has 2 heterocycles. The highest BCUT2D eigenvalue weighted by atomic mass is 19.1. The van der Waals surface area contributed by atoms with Crippen LogP contribution >= 0.6 is 0 Å². The molecule has 0 bridgehead atoms. The average Bonchev–Trinajstić information content (AvgIpc) is 2.70. The number of piperidine rings is 1. The lowest BCUT2D eigenvalue weighted by atomic mass is 9.90. The Labute approximate surface area is 170 Å². The van der Waals surface area contributed by atoms with E-state index in [1.54, 1.807) is 0 Å². The number of carboxylic acids is 1. The van der Waals surface area contributed by atoms with Crippen LogP contribution in [-0.4, -0.2) is 57.5 Å². The summed E-state index contributed by atoms with van der Waals surface area (Å²) in [7, 11) is 0. The lowest BCUT2D eigenvalue weighted by Gasteiger charge is -2.32. The highest BCUT2D eigenvalue weighted by Gasteiger charge is 2.26. The topological polar surface area (TPSA) is 120 Å². The molecule has 0 aliphatic carbocycles. The number of hydrogen-bond acceptors (Lipinski definition) is 5. The molecule has 0 saturated carbocycles. The molecule has 2 amide bonds. The number of carbonyl (C=O) groups is 3. The summed E-state index contributed by atoms with van der Waals surface area (Å²) in [5.74, 6) is -4.52. The Kier molecular flexibility index (Phi) is 6.24. The molecule has 0 atom stereocenters. The largest absolute Gasteiger partial charge is 0.505 e. The van der Waals surface area contributed by atoms with Gasteiger partial charge in [0.25, 0.3) is 11.8 Å². The van der Waals surface area contributed by atoms with Crippen molar-refractivity contribution in [2.24, 2.45) is 0 Å². The molecule has 0 radical (unpaired) electrons. The predicted molar refractivity (Wildman–Crippen MR) is 100 cm³/mol. The van der Waals surface area contributed by atoms with Gasteiger partial charge in [-0.05, 0) is 42.5 Å². The van der Waals surface area contributed by atoms with Gasteiger partial charge in [-0.15, -0.1) is 0 Å². The first kappa shape index (κ1) is 21.2. The maximum atomic E-state index is 13.4. The van der Waals surface area contributed by atoms with Crippen LogP contribution < -0.4 is 5.32 Å². The molecule has 1 saturated heterocycles. The molecule has 8 nitrogen and oxygen atoms in total. The first-order valence-corrected chi connectivity index (χ1v) is 9.19. The van der Waals surface area contributed by atoms with Crippen molar-refractivity contribution < 1.29 is 33.4 Å². The second-order valence-corrected chi connectivity index (χ2v) is 6.94. The van der Waals surface area contributed by atoms with Crippen LogP contribution in [0.2, 0.25) is 0 Å². The van der Waals surface area contributed by atoms with E-state index in [1.165, 1.54) is 17.2 Å². The van der Waals surface area contributed by atoms with Gasteiger partial charge in [0.1, 0.15) is 23.9 Å². The average molecular weight is 419 g/mol. The van der Waals surface area contributed by atoms with E-state index in [2.05, 4.69) is 10.3 Å². The van der Waals surface area contributed by atoms with Crippen LogP contribution in [0.1, 0.15) is 45.2 Å². The molecule has 158 valence electrons. The van der Waals surface area contributed by atoms with Crippen molar-refractivity contribution >= 4 is 17.8 Å². The van der Waals surface area contributed by atoms with Crippen molar-refractivity contribution in [1.29, 1.82) is 0 Å². The Morgan fingerprint density at radius 1 is 1.10 bits per heavy atom. The van der Waals surface area contributed by atoms with Gasteiger partial charge in [-0.1, -0.05) is 0 Å². The SMILES string of the molecule is O=C(O)CNC(=O)c1ncc(C2CCN(C(=O)c3cc(F)cc(F)c3)CC2)cc1O. The van der Waals surface area contributed by atoms with E-state index < -0.39 is 36.0 Å². The normalized spacial score (nSPS) is 14.4. The van der Waals surface area contributed by atoms with Crippen LogP contribution in [0.5, 0.6) is 5.75 Å². The van der Waals surface area contributed by atoms with Gasteiger partial charge in [-0.25, -0.2) is 13.8 Å². The van der Waals surface area contributed by atoms with Gasteiger partial charge in [-0.3, -0.25) is 14.4 Å². The molecular weight excluding hydrogens is 400 g/mol. The van der Waals surface area contributed by atoms with Gasteiger partial charge < -0.3 is 20.4 Å². The summed E-state index contributed by atoms with van der Waals surface area (Å²) >= 11 is 0. The first-order chi connectivity index (χ1) is 14.2. The summed E-state index contributed by atoms with van der Waals surface area (Å²) < 4.78 is 26.7. The van der Waals surface area contributed by atoms with Crippen molar-refractivity contribution in [3.05, 3.63) is 58.9 Å². The number of hydrogen-bond donors (Lipinski definition) is 3. The van der Waals surface area contributed by atoms with E-state index >= 15 is 0 Å². The standard InChI is InChI=1S/C20H19F2N3O5/c21-14-5-12(6-15(22)8-14)20(30)25-3-1-11(2-4-25)13-7-16(26)18(23-9-13)19(29)24-10-17(27)28/h5-9,11,26H,1-4,10H2,(H,24,29)(H,27,28). The van der Waals surface area contributed by atoms with E-state index in [0.717, 1.165) is 12.1 Å². The summed E-state index contributed by atoms with van der Waals surface area (Å²) in [6.07, 6.45) is 2.50. The Bertz CT molecular complexity index is 970. The quantitative estimate of drug-likeness (QED) is 0.681. The molecule has 30 heavy (non-hydrogen) atoms. The highest BCUT2D eigenvalue weighted by Crippen LogP contribution is 2.31. The number of pyridine rings is 1. The minimum absolute atomic E-state index is 0.0344. The van der Waals surface area contributed by atoms with Crippen molar-refractivity contribution in [3.63, 3.8) is 0 Å². The summed E-state index contributed by atoms with van der Waals surface area (Å²) in [6, 6.07) is 4.09. The number of halogens is 2.